The maximum Gasteiger partial charge on any atom is 0.0426 e. The van der Waals surface area contributed by atoms with Gasteiger partial charge in [-0.15, -0.1) is 0 Å². The lowest BCUT2D eigenvalue weighted by Crippen LogP contribution is -2.15. The summed E-state index contributed by atoms with van der Waals surface area (Å²) in [5.74, 6) is 0. The van der Waals surface area contributed by atoms with Crippen LogP contribution < -0.4 is 4.90 Å². The first-order chi connectivity index (χ1) is 11.3. The van der Waals surface area contributed by atoms with Crippen molar-refractivity contribution in [3.05, 3.63) is 102 Å². The minimum Gasteiger partial charge on any atom is -0.370 e. The van der Waals surface area contributed by atoms with Crippen molar-refractivity contribution in [2.45, 2.75) is 6.54 Å². The molecule has 114 valence electrons. The van der Waals surface area contributed by atoms with Crippen molar-refractivity contribution in [1.82, 2.24) is 0 Å². The van der Waals surface area contributed by atoms with Crippen LogP contribution in [0.3, 0.4) is 0 Å². The summed E-state index contributed by atoms with van der Waals surface area (Å²) >= 11 is 0. The van der Waals surface area contributed by atoms with Gasteiger partial charge in [-0.3, -0.25) is 0 Å². The van der Waals surface area contributed by atoms with Crippen molar-refractivity contribution < 1.29 is 0 Å². The van der Waals surface area contributed by atoms with Gasteiger partial charge in [0.15, 0.2) is 0 Å². The highest BCUT2D eigenvalue weighted by Crippen LogP contribution is 2.16. The molecule has 0 saturated carbocycles. The molecule has 1 heteroatoms. The Balaban J connectivity index is 1.64. The third kappa shape index (κ3) is 4.33. The Hall–Kier alpha value is -2.80. The molecule has 0 atom stereocenters. The summed E-state index contributed by atoms with van der Waals surface area (Å²) in [5, 5.41) is 0. The minimum atomic E-state index is 0.909. The van der Waals surface area contributed by atoms with Crippen LogP contribution in [0.15, 0.2) is 84.9 Å². The van der Waals surface area contributed by atoms with Crippen molar-refractivity contribution in [3.63, 3.8) is 0 Å². The second-order valence-corrected chi connectivity index (χ2v) is 5.68. The van der Waals surface area contributed by atoms with Crippen LogP contribution in [0.5, 0.6) is 0 Å². The lowest BCUT2D eigenvalue weighted by atomic mass is 10.1. The van der Waals surface area contributed by atoms with Gasteiger partial charge in [0.25, 0.3) is 0 Å². The van der Waals surface area contributed by atoms with E-state index >= 15 is 0 Å². The average Bonchev–Trinajstić information content (AvgIpc) is 2.63. The Morgan fingerprint density at radius 2 is 1.17 bits per heavy atom. The van der Waals surface area contributed by atoms with Gasteiger partial charge in [0.1, 0.15) is 0 Å². The summed E-state index contributed by atoms with van der Waals surface area (Å²) in [4.78, 5) is 2.26. The highest BCUT2D eigenvalue weighted by atomic mass is 15.1. The fourth-order valence-electron chi connectivity index (χ4n) is 2.54. The molecule has 3 aromatic carbocycles. The van der Waals surface area contributed by atoms with Crippen LogP contribution in [0.25, 0.3) is 12.2 Å². The normalized spacial score (nSPS) is 10.8. The predicted octanol–water partition coefficient (Wildman–Crippen LogP) is 5.49. The van der Waals surface area contributed by atoms with E-state index in [2.05, 4.69) is 96.9 Å². The molecule has 0 aliphatic rings. The van der Waals surface area contributed by atoms with Gasteiger partial charge >= 0.3 is 0 Å². The number of rotatable bonds is 5. The molecule has 1 nitrogen and oxygen atoms in total. The number of para-hydroxylation sites is 1. The SMILES string of the molecule is CN(Cc1ccc(/C=C/c2ccccc2)cc1)c1ccccc1. The van der Waals surface area contributed by atoms with Crippen LogP contribution in [-0.2, 0) is 6.54 Å². The molecule has 0 heterocycles. The zero-order valence-corrected chi connectivity index (χ0v) is 13.4. The number of anilines is 1. The van der Waals surface area contributed by atoms with Crippen LogP contribution in [0.2, 0.25) is 0 Å². The molecule has 3 aromatic rings. The molecule has 0 amide bonds. The summed E-state index contributed by atoms with van der Waals surface area (Å²) in [7, 11) is 2.12. The number of hydrogen-bond acceptors (Lipinski definition) is 1. The van der Waals surface area contributed by atoms with Crippen molar-refractivity contribution in [1.29, 1.82) is 0 Å². The van der Waals surface area contributed by atoms with Gasteiger partial charge in [0.2, 0.25) is 0 Å². The Kier molecular flexibility index (Phi) is 4.90. The van der Waals surface area contributed by atoms with E-state index in [1.54, 1.807) is 0 Å². The summed E-state index contributed by atoms with van der Waals surface area (Å²) < 4.78 is 0. The molecule has 0 fully saturated rings. The molecule has 0 bridgehead atoms. The van der Waals surface area contributed by atoms with E-state index in [9.17, 15) is 0 Å². The molecule has 0 unspecified atom stereocenters. The zero-order chi connectivity index (χ0) is 15.9. The molecule has 0 spiro atoms. The fourth-order valence-corrected chi connectivity index (χ4v) is 2.54. The Morgan fingerprint density at radius 3 is 1.78 bits per heavy atom. The predicted molar refractivity (Wildman–Crippen MR) is 100 cm³/mol. The van der Waals surface area contributed by atoms with Crippen molar-refractivity contribution in [2.75, 3.05) is 11.9 Å². The first kappa shape index (κ1) is 15.1. The monoisotopic (exact) mass is 299 g/mol. The average molecular weight is 299 g/mol. The van der Waals surface area contributed by atoms with Gasteiger partial charge in [-0.25, -0.2) is 0 Å². The Morgan fingerprint density at radius 1 is 0.652 bits per heavy atom. The lowest BCUT2D eigenvalue weighted by Gasteiger charge is -2.19. The van der Waals surface area contributed by atoms with E-state index in [0.29, 0.717) is 0 Å². The summed E-state index contributed by atoms with van der Waals surface area (Å²) in [6.07, 6.45) is 4.30. The van der Waals surface area contributed by atoms with Gasteiger partial charge < -0.3 is 4.90 Å². The fraction of sp³-hybridized carbons (Fsp3) is 0.0909. The maximum atomic E-state index is 2.26. The van der Waals surface area contributed by atoms with E-state index < -0.39 is 0 Å². The summed E-state index contributed by atoms with van der Waals surface area (Å²) in [6.45, 7) is 0.909. The zero-order valence-electron chi connectivity index (χ0n) is 13.4. The third-order valence-electron chi connectivity index (χ3n) is 3.86. The van der Waals surface area contributed by atoms with Gasteiger partial charge in [-0.1, -0.05) is 84.9 Å². The number of nitrogens with zero attached hydrogens (tertiary/aromatic N) is 1. The largest absolute Gasteiger partial charge is 0.370 e. The third-order valence-corrected chi connectivity index (χ3v) is 3.86. The topological polar surface area (TPSA) is 3.24 Å². The maximum absolute atomic E-state index is 2.26. The van der Waals surface area contributed by atoms with E-state index in [-0.39, 0.29) is 0 Å². The van der Waals surface area contributed by atoms with E-state index in [1.165, 1.54) is 22.4 Å². The smallest absolute Gasteiger partial charge is 0.0426 e. The lowest BCUT2D eigenvalue weighted by molar-refractivity contribution is 0.923. The van der Waals surface area contributed by atoms with Crippen LogP contribution >= 0.6 is 0 Å². The highest BCUT2D eigenvalue weighted by Gasteiger charge is 2.01. The van der Waals surface area contributed by atoms with E-state index in [4.69, 9.17) is 0 Å². The first-order valence-electron chi connectivity index (χ1n) is 7.89. The molecular weight excluding hydrogens is 278 g/mol. The van der Waals surface area contributed by atoms with Crippen LogP contribution in [-0.4, -0.2) is 7.05 Å². The molecular formula is C22H21N. The Labute approximate surface area is 138 Å². The molecule has 0 aliphatic heterocycles. The highest BCUT2D eigenvalue weighted by molar-refractivity contribution is 5.69. The van der Waals surface area contributed by atoms with E-state index in [0.717, 1.165) is 6.54 Å². The van der Waals surface area contributed by atoms with Gasteiger partial charge in [0.05, 0.1) is 0 Å². The van der Waals surface area contributed by atoms with Crippen molar-refractivity contribution in [2.24, 2.45) is 0 Å². The standard InChI is InChI=1S/C22H21N/c1-23(22-10-6-3-7-11-22)18-21-16-14-20(15-17-21)13-12-19-8-4-2-5-9-19/h2-17H,18H2,1H3/b13-12+. The van der Waals surface area contributed by atoms with Crippen LogP contribution in [0, 0.1) is 0 Å². The number of benzene rings is 3. The van der Waals surface area contributed by atoms with Gasteiger partial charge in [-0.05, 0) is 28.8 Å². The first-order valence-corrected chi connectivity index (χ1v) is 7.89. The minimum absolute atomic E-state index is 0.909. The van der Waals surface area contributed by atoms with Crippen LogP contribution in [0.4, 0.5) is 5.69 Å². The molecule has 3 rings (SSSR count). The molecule has 0 saturated heterocycles. The van der Waals surface area contributed by atoms with Gasteiger partial charge in [0, 0.05) is 19.3 Å². The molecule has 0 N–H and O–H groups in total. The summed E-state index contributed by atoms with van der Waals surface area (Å²) in [6, 6.07) is 29.6. The van der Waals surface area contributed by atoms with E-state index in [1.807, 2.05) is 12.1 Å². The van der Waals surface area contributed by atoms with Crippen molar-refractivity contribution in [3.8, 4) is 0 Å². The summed E-state index contributed by atoms with van der Waals surface area (Å²) in [5.41, 5.74) is 4.99. The molecule has 0 aromatic heterocycles. The second-order valence-electron chi connectivity index (χ2n) is 5.68. The van der Waals surface area contributed by atoms with Crippen molar-refractivity contribution >= 4 is 17.8 Å². The quantitative estimate of drug-likeness (QED) is 0.563. The second kappa shape index (κ2) is 7.46. The number of hydrogen-bond donors (Lipinski definition) is 0. The molecule has 23 heavy (non-hydrogen) atoms. The molecule has 0 radical (unpaired) electrons. The Bertz CT molecular complexity index is 743. The molecule has 0 aliphatic carbocycles. The van der Waals surface area contributed by atoms with Gasteiger partial charge in [-0.2, -0.15) is 0 Å². The van der Waals surface area contributed by atoms with Crippen LogP contribution in [0.1, 0.15) is 16.7 Å².